The number of carbonyl (C=O) groups is 1. The van der Waals surface area contributed by atoms with Crippen molar-refractivity contribution in [2.24, 2.45) is 4.99 Å². The van der Waals surface area contributed by atoms with Crippen LogP contribution in [0.5, 0.6) is 0 Å². The number of halogens is 2. The maximum Gasteiger partial charge on any atom is 0.223 e. The number of hydrogen-bond acceptors (Lipinski definition) is 5. The van der Waals surface area contributed by atoms with Gasteiger partial charge in [0.05, 0.1) is 18.7 Å². The maximum absolute atomic E-state index is 13.0. The number of rotatable bonds is 4. The van der Waals surface area contributed by atoms with Gasteiger partial charge < -0.3 is 5.32 Å². The highest BCUT2D eigenvalue weighted by atomic mass is 127. The Hall–Kier alpha value is -3.00. The van der Waals surface area contributed by atoms with E-state index in [1.807, 2.05) is 60.0 Å². The minimum absolute atomic E-state index is 0.132. The second kappa shape index (κ2) is 10.8. The molecule has 5 rings (SSSR count). The van der Waals surface area contributed by atoms with E-state index in [9.17, 15) is 4.79 Å². The Labute approximate surface area is 238 Å². The molecule has 0 bridgehead atoms. The number of thiophene rings is 1. The third-order valence-corrected chi connectivity index (χ3v) is 8.35. The lowest BCUT2D eigenvalue weighted by Crippen LogP contribution is -2.25. The molecule has 0 unspecified atom stereocenters. The first-order valence-corrected chi connectivity index (χ1v) is 14.0. The molecule has 1 N–H and O–H groups in total. The predicted octanol–water partition coefficient (Wildman–Crippen LogP) is 5.96. The fourth-order valence-electron chi connectivity index (χ4n) is 4.20. The summed E-state index contributed by atoms with van der Waals surface area (Å²) < 4.78 is 3.20. The summed E-state index contributed by atoms with van der Waals surface area (Å²) in [5.74, 6) is 7.38. The smallest absolute Gasteiger partial charge is 0.223 e. The first kappa shape index (κ1) is 25.6. The molecule has 1 atom stereocenters. The van der Waals surface area contributed by atoms with Crippen LogP contribution in [0.25, 0.3) is 5.00 Å². The number of amides is 1. The number of aliphatic imine (C=N–C) groups is 1. The number of aromatic nitrogens is 3. The fourth-order valence-corrected chi connectivity index (χ4v) is 5.90. The lowest BCUT2D eigenvalue weighted by Gasteiger charge is -2.12. The summed E-state index contributed by atoms with van der Waals surface area (Å²) in [5.41, 5.74) is 4.88. The molecule has 4 aromatic rings. The average Bonchev–Trinajstić information content (AvgIpc) is 3.35. The zero-order valence-corrected chi connectivity index (χ0v) is 24.2. The summed E-state index contributed by atoms with van der Waals surface area (Å²) in [7, 11) is 0. The van der Waals surface area contributed by atoms with Crippen LogP contribution < -0.4 is 5.32 Å². The summed E-state index contributed by atoms with van der Waals surface area (Å²) >= 11 is 10.1. The second-order valence-corrected chi connectivity index (χ2v) is 11.6. The van der Waals surface area contributed by atoms with Crippen LogP contribution in [0.1, 0.15) is 51.2 Å². The van der Waals surface area contributed by atoms with Crippen molar-refractivity contribution in [1.82, 2.24) is 20.1 Å². The van der Waals surface area contributed by atoms with Gasteiger partial charge in [-0.1, -0.05) is 35.6 Å². The average molecular weight is 640 g/mol. The van der Waals surface area contributed by atoms with E-state index in [2.05, 4.69) is 63.8 Å². The Kier molecular flexibility index (Phi) is 7.47. The molecule has 6 nitrogen and oxygen atoms in total. The molecule has 2 aromatic carbocycles. The minimum atomic E-state index is -0.504. The monoisotopic (exact) mass is 639 g/mol. The fraction of sp³-hybridized carbons (Fsp3) is 0.214. The van der Waals surface area contributed by atoms with E-state index >= 15 is 0 Å². The Morgan fingerprint density at radius 2 is 1.84 bits per heavy atom. The van der Waals surface area contributed by atoms with E-state index in [0.717, 1.165) is 42.4 Å². The largest absolute Gasteiger partial charge is 0.345 e. The van der Waals surface area contributed by atoms with Crippen LogP contribution >= 0.6 is 45.5 Å². The first-order valence-electron chi connectivity index (χ1n) is 11.7. The van der Waals surface area contributed by atoms with E-state index in [1.165, 1.54) is 4.88 Å². The van der Waals surface area contributed by atoms with Crippen LogP contribution in [0.15, 0.2) is 53.5 Å². The Morgan fingerprint density at radius 1 is 1.11 bits per heavy atom. The molecule has 186 valence electrons. The van der Waals surface area contributed by atoms with Crippen molar-refractivity contribution in [2.75, 3.05) is 6.54 Å². The molecule has 0 saturated heterocycles. The third kappa shape index (κ3) is 5.35. The van der Waals surface area contributed by atoms with Crippen molar-refractivity contribution in [2.45, 2.75) is 33.2 Å². The van der Waals surface area contributed by atoms with Gasteiger partial charge in [0.25, 0.3) is 0 Å². The topological polar surface area (TPSA) is 72.2 Å². The van der Waals surface area contributed by atoms with Crippen molar-refractivity contribution in [3.63, 3.8) is 0 Å². The van der Waals surface area contributed by atoms with Crippen LogP contribution in [-0.2, 0) is 4.79 Å². The molecule has 1 aliphatic heterocycles. The van der Waals surface area contributed by atoms with Crippen LogP contribution in [-0.4, -0.2) is 32.9 Å². The Bertz CT molecular complexity index is 1580. The molecule has 3 heterocycles. The van der Waals surface area contributed by atoms with Crippen LogP contribution in [0.4, 0.5) is 0 Å². The molecule has 37 heavy (non-hydrogen) atoms. The van der Waals surface area contributed by atoms with Gasteiger partial charge in [0.15, 0.2) is 5.82 Å². The number of nitrogens with one attached hydrogen (secondary N) is 1. The Morgan fingerprint density at radius 3 is 2.57 bits per heavy atom. The first-order chi connectivity index (χ1) is 17.8. The van der Waals surface area contributed by atoms with Crippen molar-refractivity contribution in [3.8, 4) is 16.8 Å². The second-order valence-electron chi connectivity index (χ2n) is 8.69. The van der Waals surface area contributed by atoms with Gasteiger partial charge >= 0.3 is 0 Å². The number of fused-ring (bicyclic) bond motifs is 3. The predicted molar refractivity (Wildman–Crippen MR) is 157 cm³/mol. The lowest BCUT2D eigenvalue weighted by molar-refractivity contribution is -0.121. The van der Waals surface area contributed by atoms with Crippen LogP contribution in [0.2, 0.25) is 5.02 Å². The SMILES string of the molecule is Cc1sc2c(c1C)C(c1ccc(Cl)cc1)=N[C@@H](CC(=O)NCC#Cc1ccc(I)cc1)c1nnc(C)n1-2. The quantitative estimate of drug-likeness (QED) is 0.221. The van der Waals surface area contributed by atoms with E-state index in [4.69, 9.17) is 16.6 Å². The molecule has 0 saturated carbocycles. The number of nitrogens with zero attached hydrogens (tertiary/aromatic N) is 4. The van der Waals surface area contributed by atoms with Crippen molar-refractivity contribution in [3.05, 3.63) is 95.9 Å². The van der Waals surface area contributed by atoms with Gasteiger partial charge in [0.1, 0.15) is 16.9 Å². The summed E-state index contributed by atoms with van der Waals surface area (Å²) in [4.78, 5) is 19.3. The zero-order valence-electron chi connectivity index (χ0n) is 20.5. The van der Waals surface area contributed by atoms with E-state index in [0.29, 0.717) is 10.8 Å². The van der Waals surface area contributed by atoms with Gasteiger partial charge in [0, 0.05) is 30.2 Å². The summed E-state index contributed by atoms with van der Waals surface area (Å²) in [6, 6.07) is 15.1. The van der Waals surface area contributed by atoms with Gasteiger partial charge in [-0.05, 0) is 85.3 Å². The highest BCUT2D eigenvalue weighted by molar-refractivity contribution is 14.1. The van der Waals surface area contributed by atoms with Gasteiger partial charge in [-0.25, -0.2) is 0 Å². The number of hydrogen-bond donors (Lipinski definition) is 1. The summed E-state index contributed by atoms with van der Waals surface area (Å²) in [5, 5.41) is 13.4. The van der Waals surface area contributed by atoms with E-state index in [-0.39, 0.29) is 18.9 Å². The van der Waals surface area contributed by atoms with Crippen molar-refractivity contribution >= 4 is 57.1 Å². The Balaban J connectivity index is 1.46. The lowest BCUT2D eigenvalue weighted by atomic mass is 9.99. The van der Waals surface area contributed by atoms with E-state index < -0.39 is 6.04 Å². The highest BCUT2D eigenvalue weighted by Gasteiger charge is 2.32. The van der Waals surface area contributed by atoms with Crippen molar-refractivity contribution in [1.29, 1.82) is 0 Å². The van der Waals surface area contributed by atoms with Gasteiger partial charge in [0.2, 0.25) is 5.91 Å². The van der Waals surface area contributed by atoms with Gasteiger partial charge in [-0.15, -0.1) is 21.5 Å². The number of aryl methyl sites for hydroxylation is 2. The normalized spacial score (nSPS) is 14.1. The molecular weight excluding hydrogens is 617 g/mol. The third-order valence-electron chi connectivity index (χ3n) is 6.19. The van der Waals surface area contributed by atoms with Gasteiger partial charge in [-0.3, -0.25) is 14.4 Å². The summed E-state index contributed by atoms with van der Waals surface area (Å²) in [6.07, 6.45) is 0.132. The van der Waals surface area contributed by atoms with Gasteiger partial charge in [-0.2, -0.15) is 0 Å². The molecular formula is C28H23ClIN5OS. The molecule has 1 amide bonds. The molecule has 0 spiro atoms. The number of benzene rings is 2. The summed E-state index contributed by atoms with van der Waals surface area (Å²) in [6.45, 7) is 6.39. The van der Waals surface area contributed by atoms with Crippen LogP contribution in [0, 0.1) is 36.2 Å². The molecule has 9 heteroatoms. The highest BCUT2D eigenvalue weighted by Crippen LogP contribution is 2.39. The van der Waals surface area contributed by atoms with Crippen molar-refractivity contribution < 1.29 is 4.79 Å². The molecule has 2 aromatic heterocycles. The minimum Gasteiger partial charge on any atom is -0.345 e. The van der Waals surface area contributed by atoms with Crippen LogP contribution in [0.3, 0.4) is 0 Å². The molecule has 1 aliphatic rings. The zero-order chi connectivity index (χ0) is 26.1. The number of carbonyl (C=O) groups excluding carboxylic acids is 1. The standard InChI is InChI=1S/C28H23ClIN5OS/c1-16-17(2)37-28-25(16)26(20-8-10-21(29)11-9-20)32-23(27-34-33-18(3)35(27)28)15-24(36)31-14-4-5-19-6-12-22(30)13-7-19/h6-13,23H,14-15H2,1-3H3,(H,31,36)/t23-/m0/s1. The maximum atomic E-state index is 13.0. The molecule has 0 radical (unpaired) electrons. The molecule has 0 fully saturated rings. The van der Waals surface area contributed by atoms with E-state index in [1.54, 1.807) is 11.3 Å². The molecule has 0 aliphatic carbocycles.